The van der Waals surface area contributed by atoms with E-state index in [0.717, 1.165) is 47.1 Å². The van der Waals surface area contributed by atoms with Crippen molar-refractivity contribution < 1.29 is 32.2 Å². The minimum atomic E-state index is -4.54. The Labute approximate surface area is 191 Å². The van der Waals surface area contributed by atoms with Gasteiger partial charge in [-0.3, -0.25) is 9.59 Å². The van der Waals surface area contributed by atoms with E-state index in [9.17, 15) is 32.3 Å². The number of aromatic nitrogens is 2. The molecule has 0 aliphatic carbocycles. The summed E-state index contributed by atoms with van der Waals surface area (Å²) in [5, 5.41) is 16.2. The van der Waals surface area contributed by atoms with Gasteiger partial charge in [-0.2, -0.15) is 23.0 Å². The zero-order chi connectivity index (χ0) is 24.9. The third kappa shape index (κ3) is 5.86. The number of rotatable bonds is 8. The van der Waals surface area contributed by atoms with Crippen LogP contribution in [0.3, 0.4) is 0 Å². The highest BCUT2D eigenvalue weighted by Crippen LogP contribution is 2.30. The number of aliphatic hydroxyl groups excluding tert-OH is 1. The highest BCUT2D eigenvalue weighted by molar-refractivity contribution is 5.95. The summed E-state index contributed by atoms with van der Waals surface area (Å²) in [4.78, 5) is 25.9. The van der Waals surface area contributed by atoms with Gasteiger partial charge in [0.1, 0.15) is 11.4 Å². The molecule has 0 saturated heterocycles. The van der Waals surface area contributed by atoms with E-state index in [4.69, 9.17) is 4.74 Å². The number of carbonyl (C=O) groups excluding carboxylic acids is 1. The second kappa shape index (κ2) is 10.6. The van der Waals surface area contributed by atoms with Gasteiger partial charge in [-0.1, -0.05) is 18.2 Å². The largest absolute Gasteiger partial charge is 0.416 e. The van der Waals surface area contributed by atoms with Crippen molar-refractivity contribution in [2.75, 3.05) is 20.3 Å². The molecule has 7 nitrogen and oxygen atoms in total. The van der Waals surface area contributed by atoms with Crippen LogP contribution in [-0.4, -0.2) is 47.2 Å². The molecule has 1 aromatic heterocycles. The molecule has 0 bridgehead atoms. The van der Waals surface area contributed by atoms with Crippen molar-refractivity contribution in [3.05, 3.63) is 81.9 Å². The molecule has 1 heterocycles. The number of ether oxygens (including phenoxy) is 1. The van der Waals surface area contributed by atoms with Gasteiger partial charge in [-0.05, 0) is 42.8 Å². The van der Waals surface area contributed by atoms with E-state index in [1.165, 1.54) is 19.2 Å². The number of nitrogens with zero attached hydrogens (tertiary/aromatic N) is 2. The Balaban J connectivity index is 2.10. The Morgan fingerprint density at radius 1 is 1.18 bits per heavy atom. The zero-order valence-corrected chi connectivity index (χ0v) is 18.0. The van der Waals surface area contributed by atoms with Gasteiger partial charge in [0.05, 0.1) is 29.6 Å². The molecule has 34 heavy (non-hydrogen) atoms. The van der Waals surface area contributed by atoms with Gasteiger partial charge >= 0.3 is 6.18 Å². The third-order valence-electron chi connectivity index (χ3n) is 4.94. The Morgan fingerprint density at radius 3 is 2.47 bits per heavy atom. The molecule has 180 valence electrons. The number of amides is 1. The van der Waals surface area contributed by atoms with Crippen molar-refractivity contribution >= 4 is 5.91 Å². The number of aliphatic hydroxyl groups is 1. The fourth-order valence-corrected chi connectivity index (χ4v) is 3.14. The number of hydrogen-bond acceptors (Lipinski definition) is 5. The molecule has 0 radical (unpaired) electrons. The Morgan fingerprint density at radius 2 is 1.88 bits per heavy atom. The molecule has 1 unspecified atom stereocenters. The highest BCUT2D eigenvalue weighted by Gasteiger charge is 2.30. The van der Waals surface area contributed by atoms with Gasteiger partial charge in [0, 0.05) is 19.3 Å². The molecule has 1 atom stereocenters. The van der Waals surface area contributed by atoms with Crippen LogP contribution in [0.4, 0.5) is 17.6 Å². The van der Waals surface area contributed by atoms with Gasteiger partial charge in [0.2, 0.25) is 0 Å². The van der Waals surface area contributed by atoms with Gasteiger partial charge in [-0.25, -0.2) is 4.39 Å². The number of halogens is 4. The van der Waals surface area contributed by atoms with Crippen LogP contribution in [0.1, 0.15) is 22.3 Å². The van der Waals surface area contributed by atoms with Crippen molar-refractivity contribution in [3.63, 3.8) is 0 Å². The SMILES string of the molecule is COCCC(CO)NC(=O)c1cc(-c2ccc(C(F)(F)F)cc2)nn(-c2cccc(F)c2)c1=O. The molecular weight excluding hydrogens is 458 g/mol. The molecule has 2 N–H and O–H groups in total. The van der Waals surface area contributed by atoms with E-state index < -0.39 is 41.7 Å². The third-order valence-corrected chi connectivity index (χ3v) is 4.94. The molecule has 0 fully saturated rings. The van der Waals surface area contributed by atoms with E-state index in [1.54, 1.807) is 0 Å². The predicted molar refractivity (Wildman–Crippen MR) is 115 cm³/mol. The van der Waals surface area contributed by atoms with Crippen LogP contribution < -0.4 is 10.9 Å². The van der Waals surface area contributed by atoms with Crippen LogP contribution in [0.5, 0.6) is 0 Å². The van der Waals surface area contributed by atoms with E-state index in [0.29, 0.717) is 0 Å². The number of hydrogen-bond donors (Lipinski definition) is 2. The lowest BCUT2D eigenvalue weighted by Crippen LogP contribution is -2.41. The van der Waals surface area contributed by atoms with E-state index >= 15 is 0 Å². The van der Waals surface area contributed by atoms with Crippen LogP contribution in [0, 0.1) is 5.82 Å². The molecule has 3 rings (SSSR count). The normalized spacial score (nSPS) is 12.4. The lowest BCUT2D eigenvalue weighted by Gasteiger charge is -2.17. The lowest BCUT2D eigenvalue weighted by atomic mass is 10.1. The second-order valence-corrected chi connectivity index (χ2v) is 7.35. The van der Waals surface area contributed by atoms with Crippen molar-refractivity contribution in [3.8, 4) is 16.9 Å². The molecule has 0 saturated carbocycles. The summed E-state index contributed by atoms with van der Waals surface area (Å²) >= 11 is 0. The molecule has 2 aromatic carbocycles. The van der Waals surface area contributed by atoms with Crippen LogP contribution in [0.2, 0.25) is 0 Å². The minimum absolute atomic E-state index is 0.0141. The Kier molecular flexibility index (Phi) is 7.79. The molecule has 1 amide bonds. The van der Waals surface area contributed by atoms with E-state index in [2.05, 4.69) is 10.4 Å². The summed E-state index contributed by atoms with van der Waals surface area (Å²) in [5.41, 5.74) is -1.90. The Hall–Kier alpha value is -3.57. The highest BCUT2D eigenvalue weighted by atomic mass is 19.4. The van der Waals surface area contributed by atoms with Crippen LogP contribution in [0.25, 0.3) is 16.9 Å². The minimum Gasteiger partial charge on any atom is -0.394 e. The first-order valence-corrected chi connectivity index (χ1v) is 10.1. The smallest absolute Gasteiger partial charge is 0.394 e. The molecule has 0 spiro atoms. The van der Waals surface area contributed by atoms with Crippen LogP contribution >= 0.6 is 0 Å². The maximum atomic E-state index is 13.8. The Bertz CT molecular complexity index is 1210. The first-order valence-electron chi connectivity index (χ1n) is 10.1. The van der Waals surface area contributed by atoms with Crippen LogP contribution in [-0.2, 0) is 10.9 Å². The summed E-state index contributed by atoms with van der Waals surface area (Å²) in [6.07, 6.45) is -4.27. The maximum Gasteiger partial charge on any atom is 0.416 e. The van der Waals surface area contributed by atoms with Gasteiger partial charge in [0.15, 0.2) is 0 Å². The molecule has 0 aliphatic rings. The average molecular weight is 479 g/mol. The number of methoxy groups -OCH3 is 1. The first kappa shape index (κ1) is 25.1. The number of nitrogens with one attached hydrogen (secondary N) is 1. The van der Waals surface area contributed by atoms with E-state index in [1.807, 2.05) is 0 Å². The molecule has 3 aromatic rings. The molecule has 11 heteroatoms. The molecular formula is C23H21F4N3O4. The van der Waals surface area contributed by atoms with E-state index in [-0.39, 0.29) is 35.5 Å². The predicted octanol–water partition coefficient (Wildman–Crippen LogP) is 3.18. The second-order valence-electron chi connectivity index (χ2n) is 7.35. The lowest BCUT2D eigenvalue weighted by molar-refractivity contribution is -0.137. The van der Waals surface area contributed by atoms with Crippen molar-refractivity contribution in [2.24, 2.45) is 0 Å². The monoisotopic (exact) mass is 479 g/mol. The number of benzene rings is 2. The topological polar surface area (TPSA) is 93.4 Å². The summed E-state index contributed by atoms with van der Waals surface area (Å²) < 4.78 is 58.3. The standard InChI is InChI=1S/C23H21F4N3O4/c1-34-10-9-17(13-31)28-21(32)19-12-20(14-5-7-15(8-6-14)23(25,26)27)29-30(22(19)33)18-4-2-3-16(24)11-18/h2-8,11-12,17,31H,9-10,13H2,1H3,(H,28,32). The zero-order valence-electron chi connectivity index (χ0n) is 18.0. The van der Waals surface area contributed by atoms with Crippen molar-refractivity contribution in [1.82, 2.24) is 15.1 Å². The fourth-order valence-electron chi connectivity index (χ4n) is 3.14. The quantitative estimate of drug-likeness (QED) is 0.484. The van der Waals surface area contributed by atoms with Gasteiger partial charge in [-0.15, -0.1) is 0 Å². The maximum absolute atomic E-state index is 13.8. The average Bonchev–Trinajstić information content (AvgIpc) is 2.81. The van der Waals surface area contributed by atoms with Crippen molar-refractivity contribution in [1.29, 1.82) is 0 Å². The van der Waals surface area contributed by atoms with Gasteiger partial charge < -0.3 is 15.2 Å². The summed E-state index contributed by atoms with van der Waals surface area (Å²) in [6, 6.07) is 9.36. The first-order chi connectivity index (χ1) is 16.1. The summed E-state index contributed by atoms with van der Waals surface area (Å²) in [7, 11) is 1.45. The van der Waals surface area contributed by atoms with Crippen LogP contribution in [0.15, 0.2) is 59.4 Å². The fraction of sp³-hybridized carbons (Fsp3) is 0.261. The van der Waals surface area contributed by atoms with Crippen molar-refractivity contribution in [2.45, 2.75) is 18.6 Å². The molecule has 0 aliphatic heterocycles. The summed E-state index contributed by atoms with van der Waals surface area (Å²) in [5.74, 6) is -1.49. The number of alkyl halides is 3. The number of carbonyl (C=O) groups is 1. The van der Waals surface area contributed by atoms with Gasteiger partial charge in [0.25, 0.3) is 11.5 Å². The summed E-state index contributed by atoms with van der Waals surface area (Å²) in [6.45, 7) is -0.170.